The lowest BCUT2D eigenvalue weighted by molar-refractivity contribution is 0.0663. The number of hydrogen-bond acceptors (Lipinski definition) is 5. The van der Waals surface area contributed by atoms with Crippen LogP contribution in [0, 0.1) is 0 Å². The zero-order chi connectivity index (χ0) is 22.4. The molecule has 1 aliphatic heterocycles. The van der Waals surface area contributed by atoms with Crippen LogP contribution in [0.3, 0.4) is 0 Å². The molecule has 8 nitrogen and oxygen atoms in total. The molecule has 5 rings (SSSR count). The molecule has 0 radical (unpaired) electrons. The summed E-state index contributed by atoms with van der Waals surface area (Å²) in [6, 6.07) is 15.2. The lowest BCUT2D eigenvalue weighted by Gasteiger charge is -2.35. The Hall–Kier alpha value is -3.65. The highest BCUT2D eigenvalue weighted by Gasteiger charge is 2.25. The number of piperidine rings is 1. The molecule has 8 heteroatoms. The van der Waals surface area contributed by atoms with Crippen LogP contribution >= 0.6 is 0 Å². The van der Waals surface area contributed by atoms with Crippen molar-refractivity contribution in [1.29, 1.82) is 0 Å². The van der Waals surface area contributed by atoms with Crippen molar-refractivity contribution >= 4 is 27.8 Å². The predicted octanol–water partition coefficient (Wildman–Crippen LogP) is 2.42. The number of nitrogen functional groups attached to an aromatic ring is 1. The average Bonchev–Trinajstić information content (AvgIpc) is 3.24. The lowest BCUT2D eigenvalue weighted by Crippen LogP contribution is -2.44. The van der Waals surface area contributed by atoms with Gasteiger partial charge in [-0.25, -0.2) is 9.66 Å². The first-order valence-corrected chi connectivity index (χ1v) is 10.8. The second-order valence-corrected chi connectivity index (χ2v) is 8.60. The molecule has 0 aliphatic carbocycles. The zero-order valence-electron chi connectivity index (χ0n) is 18.2. The summed E-state index contributed by atoms with van der Waals surface area (Å²) in [5.41, 5.74) is 2.74. The fraction of sp³-hybridized carbons (Fsp3) is 0.292. The van der Waals surface area contributed by atoms with Gasteiger partial charge in [0.1, 0.15) is 5.82 Å². The maximum atomic E-state index is 13.1. The monoisotopic (exact) mass is 430 g/mol. The third kappa shape index (κ3) is 3.42. The normalized spacial score (nSPS) is 15.2. The van der Waals surface area contributed by atoms with E-state index in [-0.39, 0.29) is 11.5 Å². The molecule has 1 saturated heterocycles. The van der Waals surface area contributed by atoms with Crippen LogP contribution in [0.5, 0.6) is 0 Å². The standard InChI is InChI=1S/C24H26N6O2/c1-28(2)17-9-11-29(12-10-17)23(31)16-7-8-19-20(14-16)27-22(26-19)18-13-15-5-3-4-6-21(15)30(25)24(18)32/h3-8,13-14,17H,9-12,25H2,1-2H3,(H,26,27). The number of H-pyrrole nitrogens is 1. The number of amides is 1. The van der Waals surface area contributed by atoms with E-state index in [4.69, 9.17) is 5.84 Å². The number of hydrogen-bond donors (Lipinski definition) is 2. The number of imidazole rings is 1. The molecule has 1 fully saturated rings. The number of pyridine rings is 1. The Bertz CT molecular complexity index is 1380. The zero-order valence-corrected chi connectivity index (χ0v) is 18.2. The Balaban J connectivity index is 1.46. The summed E-state index contributed by atoms with van der Waals surface area (Å²) < 4.78 is 1.14. The second kappa shape index (κ2) is 7.80. The van der Waals surface area contributed by atoms with E-state index < -0.39 is 0 Å². The van der Waals surface area contributed by atoms with Gasteiger partial charge in [0, 0.05) is 30.1 Å². The Morgan fingerprint density at radius 2 is 1.88 bits per heavy atom. The highest BCUT2D eigenvalue weighted by molar-refractivity contribution is 5.98. The maximum Gasteiger partial charge on any atom is 0.280 e. The Morgan fingerprint density at radius 1 is 1.12 bits per heavy atom. The number of aromatic nitrogens is 3. The lowest BCUT2D eigenvalue weighted by atomic mass is 10.0. The van der Waals surface area contributed by atoms with E-state index in [2.05, 4.69) is 29.0 Å². The molecule has 2 aromatic carbocycles. The van der Waals surface area contributed by atoms with Crippen molar-refractivity contribution in [2.45, 2.75) is 18.9 Å². The van der Waals surface area contributed by atoms with E-state index in [1.54, 1.807) is 18.2 Å². The SMILES string of the molecule is CN(C)C1CCN(C(=O)c2ccc3nc(-c4cc5ccccc5n(N)c4=O)[nH]c3c2)CC1. The van der Waals surface area contributed by atoms with Gasteiger partial charge in [0.15, 0.2) is 0 Å². The van der Waals surface area contributed by atoms with Crippen molar-refractivity contribution in [1.82, 2.24) is 24.4 Å². The van der Waals surface area contributed by atoms with E-state index in [0.717, 1.165) is 36.0 Å². The first-order chi connectivity index (χ1) is 15.4. The minimum Gasteiger partial charge on any atom is -0.339 e. The van der Waals surface area contributed by atoms with Gasteiger partial charge in [-0.05, 0) is 57.3 Å². The summed E-state index contributed by atoms with van der Waals surface area (Å²) in [4.78, 5) is 37.8. The molecule has 2 aromatic heterocycles. The number of nitrogens with two attached hydrogens (primary N) is 1. The van der Waals surface area contributed by atoms with Crippen molar-refractivity contribution in [2.24, 2.45) is 0 Å². The number of fused-ring (bicyclic) bond motifs is 2. The first kappa shape index (κ1) is 20.3. The summed E-state index contributed by atoms with van der Waals surface area (Å²) in [5.74, 6) is 6.49. The average molecular weight is 431 g/mol. The molecule has 0 saturated carbocycles. The number of carbonyl (C=O) groups excluding carboxylic acids is 1. The third-order valence-electron chi connectivity index (χ3n) is 6.41. The second-order valence-electron chi connectivity index (χ2n) is 8.60. The number of rotatable bonds is 3. The molecular weight excluding hydrogens is 404 g/mol. The van der Waals surface area contributed by atoms with Gasteiger partial charge in [0.25, 0.3) is 11.5 Å². The van der Waals surface area contributed by atoms with Crippen LogP contribution in [-0.2, 0) is 0 Å². The van der Waals surface area contributed by atoms with Crippen molar-refractivity contribution in [3.63, 3.8) is 0 Å². The molecule has 3 N–H and O–H groups in total. The topological polar surface area (TPSA) is 100 Å². The number of aromatic amines is 1. The first-order valence-electron chi connectivity index (χ1n) is 10.8. The van der Waals surface area contributed by atoms with Crippen LogP contribution in [0.15, 0.2) is 53.3 Å². The predicted molar refractivity (Wildman–Crippen MR) is 126 cm³/mol. The molecule has 4 aromatic rings. The van der Waals surface area contributed by atoms with Crippen molar-refractivity contribution in [2.75, 3.05) is 33.0 Å². The molecule has 32 heavy (non-hydrogen) atoms. The van der Waals surface area contributed by atoms with E-state index in [1.165, 1.54) is 0 Å². The van der Waals surface area contributed by atoms with Crippen LogP contribution in [0.4, 0.5) is 0 Å². The highest BCUT2D eigenvalue weighted by Crippen LogP contribution is 2.23. The Morgan fingerprint density at radius 3 is 2.62 bits per heavy atom. The fourth-order valence-corrected chi connectivity index (χ4v) is 4.49. The maximum absolute atomic E-state index is 13.1. The molecule has 0 spiro atoms. The van der Waals surface area contributed by atoms with Crippen LogP contribution in [0.1, 0.15) is 23.2 Å². The quantitative estimate of drug-likeness (QED) is 0.486. The third-order valence-corrected chi connectivity index (χ3v) is 6.41. The summed E-state index contributed by atoms with van der Waals surface area (Å²) in [7, 11) is 4.17. The van der Waals surface area contributed by atoms with Gasteiger partial charge in [0.05, 0.1) is 22.1 Å². The van der Waals surface area contributed by atoms with E-state index in [0.29, 0.717) is 39.5 Å². The Labute approximate surface area is 185 Å². The summed E-state index contributed by atoms with van der Waals surface area (Å²) in [6.07, 6.45) is 1.95. The molecule has 0 bridgehead atoms. The number of carbonyl (C=O) groups is 1. The van der Waals surface area contributed by atoms with Crippen molar-refractivity contribution in [3.05, 3.63) is 64.4 Å². The number of nitrogens with one attached hydrogen (secondary N) is 1. The summed E-state index contributed by atoms with van der Waals surface area (Å²) in [6.45, 7) is 1.50. The fourth-order valence-electron chi connectivity index (χ4n) is 4.49. The largest absolute Gasteiger partial charge is 0.339 e. The van der Waals surface area contributed by atoms with E-state index >= 15 is 0 Å². The minimum absolute atomic E-state index is 0.0234. The molecule has 164 valence electrons. The van der Waals surface area contributed by atoms with Gasteiger partial charge < -0.3 is 20.6 Å². The van der Waals surface area contributed by atoms with Crippen molar-refractivity contribution < 1.29 is 4.79 Å². The summed E-state index contributed by atoms with van der Waals surface area (Å²) >= 11 is 0. The number of para-hydroxylation sites is 1. The van der Waals surface area contributed by atoms with Gasteiger partial charge in [-0.1, -0.05) is 18.2 Å². The van der Waals surface area contributed by atoms with Crippen LogP contribution in [0.2, 0.25) is 0 Å². The number of likely N-dealkylation sites (tertiary alicyclic amines) is 1. The molecule has 3 heterocycles. The molecule has 1 amide bonds. The molecule has 0 unspecified atom stereocenters. The van der Waals surface area contributed by atoms with E-state index in [1.807, 2.05) is 35.2 Å². The number of nitrogens with zero attached hydrogens (tertiary/aromatic N) is 4. The van der Waals surface area contributed by atoms with Crippen LogP contribution in [-0.4, -0.2) is 63.6 Å². The highest BCUT2D eigenvalue weighted by atomic mass is 16.2. The van der Waals surface area contributed by atoms with Gasteiger partial charge in [-0.15, -0.1) is 0 Å². The molecular formula is C24H26N6O2. The van der Waals surface area contributed by atoms with Crippen LogP contribution in [0.25, 0.3) is 33.3 Å². The van der Waals surface area contributed by atoms with Gasteiger partial charge in [-0.3, -0.25) is 9.59 Å². The number of benzene rings is 2. The molecule has 1 aliphatic rings. The summed E-state index contributed by atoms with van der Waals surface area (Å²) in [5, 5.41) is 0.849. The smallest absolute Gasteiger partial charge is 0.280 e. The Kier molecular flexibility index (Phi) is 4.94. The van der Waals surface area contributed by atoms with Gasteiger partial charge in [0.2, 0.25) is 0 Å². The van der Waals surface area contributed by atoms with Crippen molar-refractivity contribution in [3.8, 4) is 11.4 Å². The van der Waals surface area contributed by atoms with Gasteiger partial charge in [-0.2, -0.15) is 0 Å². The molecule has 0 atom stereocenters. The van der Waals surface area contributed by atoms with Gasteiger partial charge >= 0.3 is 0 Å². The minimum atomic E-state index is -0.331. The van der Waals surface area contributed by atoms with E-state index in [9.17, 15) is 9.59 Å². The van der Waals surface area contributed by atoms with Crippen LogP contribution < -0.4 is 11.4 Å².